The van der Waals surface area contributed by atoms with Crippen molar-refractivity contribution in [3.8, 4) is 5.75 Å². The predicted molar refractivity (Wildman–Crippen MR) is 91.3 cm³/mol. The number of anilines is 1. The van der Waals surface area contributed by atoms with Gasteiger partial charge in [0.05, 0.1) is 30.5 Å². The van der Waals surface area contributed by atoms with Gasteiger partial charge in [-0.15, -0.1) is 0 Å². The third-order valence-corrected chi connectivity index (χ3v) is 5.09. The van der Waals surface area contributed by atoms with E-state index in [4.69, 9.17) is 16.3 Å². The van der Waals surface area contributed by atoms with Crippen LogP contribution in [0.2, 0.25) is 5.02 Å². The molecule has 6 nitrogen and oxygen atoms in total. The number of rotatable bonds is 5. The largest absolute Gasteiger partial charge is 0.495 e. The average molecular weight is 370 g/mol. The van der Waals surface area contributed by atoms with Crippen LogP contribution >= 0.6 is 11.6 Å². The molecule has 0 saturated heterocycles. The van der Waals surface area contributed by atoms with Gasteiger partial charge in [0.2, 0.25) is 0 Å². The van der Waals surface area contributed by atoms with Crippen molar-refractivity contribution in [1.82, 2.24) is 0 Å². The van der Waals surface area contributed by atoms with E-state index in [-0.39, 0.29) is 21.2 Å². The maximum Gasteiger partial charge on any atom is 0.337 e. The molecule has 2 rings (SSSR count). The fraction of sp³-hybridized carbons (Fsp3) is 0.188. The number of halogens is 1. The quantitative estimate of drug-likeness (QED) is 0.818. The van der Waals surface area contributed by atoms with E-state index in [1.54, 1.807) is 18.2 Å². The number of aryl methyl sites for hydroxylation is 1. The summed E-state index contributed by atoms with van der Waals surface area (Å²) in [5, 5.41) is -0.0122. The van der Waals surface area contributed by atoms with Crippen LogP contribution in [-0.2, 0) is 14.8 Å². The number of hydrogen-bond acceptors (Lipinski definition) is 5. The predicted octanol–water partition coefficient (Wildman–Crippen LogP) is 3.24. The number of carbonyl (C=O) groups is 1. The number of esters is 1. The van der Waals surface area contributed by atoms with Crippen LogP contribution in [0.3, 0.4) is 0 Å². The average Bonchev–Trinajstić information content (AvgIpc) is 2.54. The summed E-state index contributed by atoms with van der Waals surface area (Å²) in [6, 6.07) is 8.96. The molecule has 128 valence electrons. The zero-order valence-electron chi connectivity index (χ0n) is 13.3. The standard InChI is InChI=1S/C16H16ClNO5S/c1-10-4-7-14(22-2)13(8-10)18-24(20,21)15-9-11(16(19)23-3)5-6-12(15)17/h4-9,18H,1-3H3. The molecule has 0 amide bonds. The number of benzene rings is 2. The van der Waals surface area contributed by atoms with Crippen molar-refractivity contribution in [1.29, 1.82) is 0 Å². The molecule has 1 N–H and O–H groups in total. The van der Waals surface area contributed by atoms with Crippen LogP contribution in [0.25, 0.3) is 0 Å². The highest BCUT2D eigenvalue weighted by molar-refractivity contribution is 7.92. The van der Waals surface area contributed by atoms with Gasteiger partial charge in [0.1, 0.15) is 10.6 Å². The molecule has 0 fully saturated rings. The Hall–Kier alpha value is -2.25. The molecule has 0 radical (unpaired) electrons. The number of methoxy groups -OCH3 is 2. The second-order valence-corrected chi connectivity index (χ2v) is 7.00. The second-order valence-electron chi connectivity index (χ2n) is 4.95. The maximum absolute atomic E-state index is 12.7. The molecule has 0 atom stereocenters. The van der Waals surface area contributed by atoms with E-state index in [9.17, 15) is 13.2 Å². The topological polar surface area (TPSA) is 81.7 Å². The van der Waals surface area contributed by atoms with Crippen LogP contribution in [0.1, 0.15) is 15.9 Å². The maximum atomic E-state index is 12.7. The van der Waals surface area contributed by atoms with Crippen LogP contribution in [0, 0.1) is 6.92 Å². The first kappa shape index (κ1) is 18.1. The summed E-state index contributed by atoms with van der Waals surface area (Å²) >= 11 is 6.00. The van der Waals surface area contributed by atoms with Gasteiger partial charge >= 0.3 is 5.97 Å². The summed E-state index contributed by atoms with van der Waals surface area (Å²) in [6.07, 6.45) is 0. The summed E-state index contributed by atoms with van der Waals surface area (Å²) in [7, 11) is -1.38. The minimum atomic E-state index is -4.03. The monoisotopic (exact) mass is 369 g/mol. The van der Waals surface area contributed by atoms with E-state index >= 15 is 0 Å². The Morgan fingerprint density at radius 3 is 2.46 bits per heavy atom. The lowest BCUT2D eigenvalue weighted by Gasteiger charge is -2.14. The van der Waals surface area contributed by atoms with Crippen molar-refractivity contribution in [3.05, 3.63) is 52.5 Å². The highest BCUT2D eigenvalue weighted by Crippen LogP contribution is 2.30. The molecule has 2 aromatic carbocycles. The first-order valence-corrected chi connectivity index (χ1v) is 8.70. The molecule has 0 aliphatic carbocycles. The molecule has 8 heteroatoms. The van der Waals surface area contributed by atoms with Gasteiger partial charge in [-0.2, -0.15) is 0 Å². The third-order valence-electron chi connectivity index (χ3n) is 3.24. The van der Waals surface area contributed by atoms with E-state index in [1.807, 2.05) is 6.92 Å². The summed E-state index contributed by atoms with van der Waals surface area (Å²) in [5.74, 6) is -0.291. The molecule has 0 unspecified atom stereocenters. The minimum Gasteiger partial charge on any atom is -0.495 e. The molecule has 0 aromatic heterocycles. The van der Waals surface area contributed by atoms with E-state index in [1.165, 1.54) is 32.4 Å². The summed E-state index contributed by atoms with van der Waals surface area (Å²) in [4.78, 5) is 11.4. The van der Waals surface area contributed by atoms with Crippen molar-refractivity contribution in [2.45, 2.75) is 11.8 Å². The number of sulfonamides is 1. The Balaban J connectivity index is 2.48. The van der Waals surface area contributed by atoms with Crippen molar-refractivity contribution >= 4 is 33.3 Å². The van der Waals surface area contributed by atoms with E-state index < -0.39 is 16.0 Å². The van der Waals surface area contributed by atoms with Gasteiger partial charge in [-0.3, -0.25) is 4.72 Å². The van der Waals surface area contributed by atoms with Gasteiger partial charge in [-0.05, 0) is 42.8 Å². The zero-order valence-corrected chi connectivity index (χ0v) is 14.9. The van der Waals surface area contributed by atoms with E-state index in [0.29, 0.717) is 5.75 Å². The van der Waals surface area contributed by atoms with Gasteiger partial charge in [0, 0.05) is 0 Å². The van der Waals surface area contributed by atoms with E-state index in [0.717, 1.165) is 5.56 Å². The first-order valence-electron chi connectivity index (χ1n) is 6.84. The highest BCUT2D eigenvalue weighted by Gasteiger charge is 2.22. The fourth-order valence-electron chi connectivity index (χ4n) is 2.06. The molecule has 0 bridgehead atoms. The molecule has 0 aliphatic rings. The smallest absolute Gasteiger partial charge is 0.337 e. The number of nitrogens with one attached hydrogen (secondary N) is 1. The molecular weight excluding hydrogens is 354 g/mol. The molecule has 2 aromatic rings. The number of carbonyl (C=O) groups excluding carboxylic acids is 1. The summed E-state index contributed by atoms with van der Waals surface area (Å²) < 4.78 is 37.5. The minimum absolute atomic E-state index is 0.0122. The molecule has 0 spiro atoms. The van der Waals surface area contributed by atoms with Crippen molar-refractivity contribution < 1.29 is 22.7 Å². The summed E-state index contributed by atoms with van der Waals surface area (Å²) in [6.45, 7) is 1.82. The fourth-order valence-corrected chi connectivity index (χ4v) is 3.64. The second kappa shape index (κ2) is 7.11. The van der Waals surface area contributed by atoms with Crippen LogP contribution < -0.4 is 9.46 Å². The lowest BCUT2D eigenvalue weighted by Crippen LogP contribution is -2.15. The Bertz CT molecular complexity index is 880. The van der Waals surface area contributed by atoms with Crippen LogP contribution in [0.5, 0.6) is 5.75 Å². The van der Waals surface area contributed by atoms with Crippen LogP contribution in [0.15, 0.2) is 41.3 Å². The highest BCUT2D eigenvalue weighted by atomic mass is 35.5. The van der Waals surface area contributed by atoms with Crippen molar-refractivity contribution in [2.24, 2.45) is 0 Å². The van der Waals surface area contributed by atoms with Gasteiger partial charge in [-0.1, -0.05) is 17.7 Å². The van der Waals surface area contributed by atoms with Crippen molar-refractivity contribution in [3.63, 3.8) is 0 Å². The van der Waals surface area contributed by atoms with Crippen LogP contribution in [0.4, 0.5) is 5.69 Å². The van der Waals surface area contributed by atoms with Gasteiger partial charge in [0.25, 0.3) is 10.0 Å². The molecule has 0 aliphatic heterocycles. The molecule has 24 heavy (non-hydrogen) atoms. The number of hydrogen-bond donors (Lipinski definition) is 1. The zero-order chi connectivity index (χ0) is 17.9. The third kappa shape index (κ3) is 3.80. The van der Waals surface area contributed by atoms with Crippen molar-refractivity contribution in [2.75, 3.05) is 18.9 Å². The van der Waals surface area contributed by atoms with Gasteiger partial charge in [-0.25, -0.2) is 13.2 Å². The normalized spacial score (nSPS) is 11.0. The molecular formula is C16H16ClNO5S. The molecule has 0 saturated carbocycles. The Kier molecular flexibility index (Phi) is 5.36. The SMILES string of the molecule is COC(=O)c1ccc(Cl)c(S(=O)(=O)Nc2cc(C)ccc2OC)c1. The lowest BCUT2D eigenvalue weighted by atomic mass is 10.2. The van der Waals surface area contributed by atoms with Crippen LogP contribution in [-0.4, -0.2) is 28.6 Å². The first-order chi connectivity index (χ1) is 11.3. The number of ether oxygens (including phenoxy) is 2. The van der Waals surface area contributed by atoms with Gasteiger partial charge in [0.15, 0.2) is 0 Å². The van der Waals surface area contributed by atoms with E-state index in [2.05, 4.69) is 9.46 Å². The Morgan fingerprint density at radius 1 is 1.12 bits per heavy atom. The molecule has 0 heterocycles. The Morgan fingerprint density at radius 2 is 1.83 bits per heavy atom. The Labute approximate surface area is 145 Å². The lowest BCUT2D eigenvalue weighted by molar-refractivity contribution is 0.0600. The van der Waals surface area contributed by atoms with Gasteiger partial charge < -0.3 is 9.47 Å². The summed E-state index contributed by atoms with van der Waals surface area (Å²) in [5.41, 5.74) is 1.21.